The summed E-state index contributed by atoms with van der Waals surface area (Å²) >= 11 is 0. The molecule has 9 nitrogen and oxygen atoms in total. The van der Waals surface area contributed by atoms with Crippen LogP contribution in [0, 0.1) is 5.92 Å². The van der Waals surface area contributed by atoms with Gasteiger partial charge in [0.1, 0.15) is 12.4 Å². The van der Waals surface area contributed by atoms with E-state index in [1.807, 2.05) is 60.7 Å². The smallest absolute Gasteiger partial charge is 0.273 e. The molecule has 1 saturated heterocycles. The molecule has 216 valence electrons. The van der Waals surface area contributed by atoms with E-state index in [9.17, 15) is 14.7 Å². The summed E-state index contributed by atoms with van der Waals surface area (Å²) < 4.78 is 0. The molecule has 3 aromatic rings. The summed E-state index contributed by atoms with van der Waals surface area (Å²) in [6, 6.07) is 20.7. The molecule has 2 aliphatic heterocycles. The molecule has 9 heteroatoms. The Hall–Kier alpha value is -4.47. The highest BCUT2D eigenvalue weighted by Gasteiger charge is 2.30. The monoisotopic (exact) mass is 565 g/mol. The largest absolute Gasteiger partial charge is 0.399 e. The van der Waals surface area contributed by atoms with Crippen molar-refractivity contribution in [3.63, 3.8) is 0 Å². The number of hydroxylamine groups is 2. The fourth-order valence-corrected chi connectivity index (χ4v) is 5.35. The second-order valence-corrected chi connectivity index (χ2v) is 11.3. The van der Waals surface area contributed by atoms with E-state index < -0.39 is 6.10 Å². The predicted octanol–water partition coefficient (Wildman–Crippen LogP) is 4.29. The van der Waals surface area contributed by atoms with Crippen molar-refractivity contribution in [3.8, 4) is 11.1 Å². The van der Waals surface area contributed by atoms with Crippen LogP contribution >= 0.6 is 0 Å². The lowest BCUT2D eigenvalue weighted by atomic mass is 10.00. The fourth-order valence-electron chi connectivity index (χ4n) is 5.35. The van der Waals surface area contributed by atoms with Gasteiger partial charge in [0.25, 0.3) is 11.8 Å². The molecule has 1 aliphatic carbocycles. The van der Waals surface area contributed by atoms with Crippen LogP contribution < -0.4 is 11.5 Å². The number of carbonyl (C=O) groups excluding carboxylic acids is 2. The Bertz CT molecular complexity index is 1560. The lowest BCUT2D eigenvalue weighted by molar-refractivity contribution is -0.188. The van der Waals surface area contributed by atoms with Crippen LogP contribution in [0.4, 0.5) is 11.4 Å². The molecular formula is C33H35N5O4. The number of fused-ring (bicyclic) bond motifs is 1. The molecule has 2 heterocycles. The zero-order valence-electron chi connectivity index (χ0n) is 23.4. The summed E-state index contributed by atoms with van der Waals surface area (Å²) in [5, 5.41) is 11.2. The van der Waals surface area contributed by atoms with Crippen LogP contribution in [0.5, 0.6) is 0 Å². The first kappa shape index (κ1) is 27.7. The van der Waals surface area contributed by atoms with Crippen molar-refractivity contribution in [2.45, 2.75) is 38.4 Å². The van der Waals surface area contributed by atoms with Crippen molar-refractivity contribution in [3.05, 3.63) is 89.0 Å². The predicted molar refractivity (Wildman–Crippen MR) is 162 cm³/mol. The summed E-state index contributed by atoms with van der Waals surface area (Å²) in [7, 11) is 0. The molecule has 1 atom stereocenters. The summed E-state index contributed by atoms with van der Waals surface area (Å²) in [6.45, 7) is 1.70. The van der Waals surface area contributed by atoms with Gasteiger partial charge in [0.15, 0.2) is 0 Å². The van der Waals surface area contributed by atoms with E-state index in [4.69, 9.17) is 16.3 Å². The highest BCUT2D eigenvalue weighted by Crippen LogP contribution is 2.34. The van der Waals surface area contributed by atoms with Crippen LogP contribution in [-0.2, 0) is 16.2 Å². The number of nitrogen functional groups attached to an aromatic ring is 1. The Kier molecular flexibility index (Phi) is 7.78. The molecule has 3 aliphatic rings. The number of amidine groups is 1. The third-order valence-corrected chi connectivity index (χ3v) is 7.87. The second-order valence-electron chi connectivity index (χ2n) is 11.3. The number of hydrogen-bond donors (Lipinski definition) is 3. The van der Waals surface area contributed by atoms with E-state index in [1.165, 1.54) is 5.06 Å². The zero-order chi connectivity index (χ0) is 29.2. The lowest BCUT2D eigenvalue weighted by Gasteiger charge is -2.23. The molecule has 0 bridgehead atoms. The Morgan fingerprint density at radius 2 is 1.79 bits per heavy atom. The van der Waals surface area contributed by atoms with Crippen molar-refractivity contribution >= 4 is 35.1 Å². The SMILES string of the molecule is NC1=Nc2cc(-c3ccc(C(=O)N4CC[C@@H](O)C4)cc3)ccc2C=C(C(=O)N(CC2CC2)OCc2cccc(N)c2)C1. The van der Waals surface area contributed by atoms with Crippen molar-refractivity contribution < 1.29 is 19.5 Å². The number of benzene rings is 3. The van der Waals surface area contributed by atoms with Gasteiger partial charge in [-0.15, -0.1) is 0 Å². The number of aliphatic hydroxyl groups excluding tert-OH is 1. The van der Waals surface area contributed by atoms with E-state index in [0.717, 1.165) is 35.1 Å². The van der Waals surface area contributed by atoms with Crippen LogP contribution in [0.3, 0.4) is 0 Å². The number of nitrogens with two attached hydrogens (primary N) is 2. The number of nitrogens with zero attached hydrogens (tertiary/aromatic N) is 3. The van der Waals surface area contributed by atoms with Gasteiger partial charge in [-0.05, 0) is 78.3 Å². The summed E-state index contributed by atoms with van der Waals surface area (Å²) in [4.78, 5) is 38.8. The number of carbonyl (C=O) groups is 2. The average molecular weight is 566 g/mol. The van der Waals surface area contributed by atoms with Gasteiger partial charge < -0.3 is 21.5 Å². The van der Waals surface area contributed by atoms with Crippen LogP contribution in [0.25, 0.3) is 17.2 Å². The van der Waals surface area contributed by atoms with E-state index in [2.05, 4.69) is 4.99 Å². The quantitative estimate of drug-likeness (QED) is 0.276. The third kappa shape index (κ3) is 6.37. The minimum atomic E-state index is -0.450. The lowest BCUT2D eigenvalue weighted by Crippen LogP contribution is -2.35. The zero-order valence-corrected chi connectivity index (χ0v) is 23.4. The number of β-amino-alcohol motifs (C(OH)–C–C–N with tert-alkyl or cyclic N) is 1. The molecule has 0 radical (unpaired) electrons. The second kappa shape index (κ2) is 11.8. The maximum atomic E-state index is 13.7. The first-order chi connectivity index (χ1) is 20.3. The third-order valence-electron chi connectivity index (χ3n) is 7.87. The standard InChI is InChI=1S/C33H35N5O4/c34-28-3-1-2-22(14-28)20-42-38(18-21-4-5-21)33(41)27-15-26-11-10-25(16-30(26)36-31(35)17-27)23-6-8-24(9-7-23)32(40)37-13-12-29(39)19-37/h1-3,6-11,14-16,21,29,39H,4-5,12-13,17-20,34H2,(H2,35,36)/t29-/m1/s1. The molecule has 0 unspecified atom stereocenters. The van der Waals surface area contributed by atoms with Gasteiger partial charge in [-0.1, -0.05) is 36.4 Å². The number of aliphatic hydroxyl groups is 1. The van der Waals surface area contributed by atoms with Gasteiger partial charge in [0.05, 0.1) is 18.3 Å². The van der Waals surface area contributed by atoms with Gasteiger partial charge in [-0.2, -0.15) is 0 Å². The normalized spacial score (nSPS) is 18.1. The molecule has 42 heavy (non-hydrogen) atoms. The van der Waals surface area contributed by atoms with Gasteiger partial charge in [0, 0.05) is 41.9 Å². The van der Waals surface area contributed by atoms with Crippen LogP contribution in [0.2, 0.25) is 0 Å². The van der Waals surface area contributed by atoms with Crippen molar-refractivity contribution in [1.82, 2.24) is 9.96 Å². The maximum Gasteiger partial charge on any atom is 0.273 e. The molecule has 0 aromatic heterocycles. The summed E-state index contributed by atoms with van der Waals surface area (Å²) in [6.07, 6.45) is 4.38. The topological polar surface area (TPSA) is 134 Å². The molecule has 5 N–H and O–H groups in total. The molecule has 2 amide bonds. The number of rotatable bonds is 8. The number of aliphatic imine (C=N–C) groups is 1. The Morgan fingerprint density at radius 3 is 2.50 bits per heavy atom. The molecule has 6 rings (SSSR count). The first-order valence-corrected chi connectivity index (χ1v) is 14.4. The number of hydrogen-bond acceptors (Lipinski definition) is 7. The average Bonchev–Trinajstić information content (AvgIpc) is 3.74. The minimum Gasteiger partial charge on any atom is -0.399 e. The van der Waals surface area contributed by atoms with Crippen molar-refractivity contribution in [1.29, 1.82) is 0 Å². The van der Waals surface area contributed by atoms with E-state index in [0.29, 0.717) is 60.3 Å². The van der Waals surface area contributed by atoms with Gasteiger partial charge in [-0.3, -0.25) is 14.4 Å². The Balaban J connectivity index is 1.20. The van der Waals surface area contributed by atoms with Gasteiger partial charge >= 0.3 is 0 Å². The molecule has 1 saturated carbocycles. The molecule has 0 spiro atoms. The molecule has 3 aromatic carbocycles. The number of amides is 2. The van der Waals surface area contributed by atoms with Crippen LogP contribution in [0.15, 0.2) is 77.3 Å². The molecular weight excluding hydrogens is 530 g/mol. The Morgan fingerprint density at radius 1 is 1.00 bits per heavy atom. The van der Waals surface area contributed by atoms with Crippen LogP contribution in [-0.4, -0.2) is 58.5 Å². The van der Waals surface area contributed by atoms with Crippen LogP contribution in [0.1, 0.15) is 47.2 Å². The van der Waals surface area contributed by atoms with Crippen molar-refractivity contribution in [2.75, 3.05) is 25.4 Å². The van der Waals surface area contributed by atoms with E-state index in [-0.39, 0.29) is 24.8 Å². The fraction of sp³-hybridized carbons (Fsp3) is 0.303. The number of likely N-dealkylation sites (tertiary alicyclic amines) is 1. The van der Waals surface area contributed by atoms with E-state index >= 15 is 0 Å². The first-order valence-electron chi connectivity index (χ1n) is 14.4. The Labute approximate surface area is 245 Å². The maximum absolute atomic E-state index is 13.7. The molecule has 2 fully saturated rings. The highest BCUT2D eigenvalue weighted by atomic mass is 16.7. The van der Waals surface area contributed by atoms with Crippen molar-refractivity contribution in [2.24, 2.45) is 16.6 Å². The number of anilines is 1. The summed E-state index contributed by atoms with van der Waals surface area (Å²) in [5.41, 5.74) is 18.2. The van der Waals surface area contributed by atoms with Gasteiger partial charge in [-0.25, -0.2) is 10.1 Å². The van der Waals surface area contributed by atoms with E-state index in [1.54, 1.807) is 17.0 Å². The minimum absolute atomic E-state index is 0.0765. The highest BCUT2D eigenvalue weighted by molar-refractivity contribution is 6.05. The summed E-state index contributed by atoms with van der Waals surface area (Å²) in [5.74, 6) is 0.492. The van der Waals surface area contributed by atoms with Gasteiger partial charge in [0.2, 0.25) is 0 Å².